The highest BCUT2D eigenvalue weighted by Crippen LogP contribution is 2.32. The van der Waals surface area contributed by atoms with Crippen LogP contribution in [-0.4, -0.2) is 34.8 Å². The molecule has 2 amide bonds. The molecule has 0 saturated heterocycles. The lowest BCUT2D eigenvalue weighted by Gasteiger charge is -2.08. The smallest absolute Gasteiger partial charge is 0.275 e. The number of nitrogens with one attached hydrogen (secondary N) is 2. The first kappa shape index (κ1) is 23.0. The van der Waals surface area contributed by atoms with Crippen LogP contribution in [0, 0.1) is 0 Å². The van der Waals surface area contributed by atoms with Crippen LogP contribution in [0.1, 0.15) is 33.3 Å². The molecule has 9 nitrogen and oxygen atoms in total. The van der Waals surface area contributed by atoms with Gasteiger partial charge in [-0.1, -0.05) is 12.1 Å². The summed E-state index contributed by atoms with van der Waals surface area (Å²) in [6.07, 6.45) is 3.31. The molecule has 0 spiro atoms. The van der Waals surface area contributed by atoms with Crippen molar-refractivity contribution in [1.29, 1.82) is 0 Å². The van der Waals surface area contributed by atoms with Crippen molar-refractivity contribution in [2.24, 2.45) is 0 Å². The number of fused-ring (bicyclic) bond motifs is 1. The molecule has 3 aromatic carbocycles. The molecule has 1 aliphatic rings. The molecule has 4 aromatic rings. The highest BCUT2D eigenvalue weighted by atomic mass is 16.7. The maximum atomic E-state index is 12.6. The summed E-state index contributed by atoms with van der Waals surface area (Å²) in [5.74, 6) is 1.41. The third-order valence-electron chi connectivity index (χ3n) is 5.50. The number of anilines is 2. The van der Waals surface area contributed by atoms with Gasteiger partial charge in [-0.2, -0.15) is 0 Å². The summed E-state index contributed by atoms with van der Waals surface area (Å²) in [7, 11) is 0. The number of amides is 2. The molecule has 0 radical (unpaired) electrons. The molecule has 182 valence electrons. The third kappa shape index (κ3) is 5.30. The number of nitrogens with zero attached hydrogens (tertiary/aromatic N) is 2. The highest BCUT2D eigenvalue weighted by molar-refractivity contribution is 6.04. The van der Waals surface area contributed by atoms with Crippen LogP contribution in [0.25, 0.3) is 0 Å². The summed E-state index contributed by atoms with van der Waals surface area (Å²) in [6, 6.07) is 19.7. The Kier molecular flexibility index (Phi) is 6.53. The van der Waals surface area contributed by atoms with Crippen LogP contribution >= 0.6 is 0 Å². The van der Waals surface area contributed by atoms with Crippen molar-refractivity contribution in [3.63, 3.8) is 0 Å². The molecule has 0 saturated carbocycles. The molecule has 9 heteroatoms. The molecule has 0 fully saturated rings. The van der Waals surface area contributed by atoms with Gasteiger partial charge < -0.3 is 29.4 Å². The quantitative estimate of drug-likeness (QED) is 0.380. The van der Waals surface area contributed by atoms with Gasteiger partial charge in [-0.05, 0) is 67.1 Å². The number of imidazole rings is 1. The molecule has 0 bridgehead atoms. The number of aromatic nitrogens is 2. The molecule has 0 unspecified atom stereocenters. The summed E-state index contributed by atoms with van der Waals surface area (Å²) >= 11 is 0. The van der Waals surface area contributed by atoms with E-state index in [-0.39, 0.29) is 18.6 Å². The number of rotatable bonds is 8. The van der Waals surface area contributed by atoms with Gasteiger partial charge >= 0.3 is 0 Å². The maximum absolute atomic E-state index is 12.6. The minimum absolute atomic E-state index is 0.160. The monoisotopic (exact) mass is 484 g/mol. The molecule has 0 atom stereocenters. The van der Waals surface area contributed by atoms with Crippen LogP contribution in [0.5, 0.6) is 17.2 Å². The number of ether oxygens (including phenoxy) is 3. The molecule has 36 heavy (non-hydrogen) atoms. The Morgan fingerprint density at radius 2 is 1.61 bits per heavy atom. The van der Waals surface area contributed by atoms with Gasteiger partial charge in [-0.25, -0.2) is 4.98 Å². The Labute approximate surface area is 207 Å². The van der Waals surface area contributed by atoms with Gasteiger partial charge in [0.1, 0.15) is 11.4 Å². The van der Waals surface area contributed by atoms with Crippen molar-refractivity contribution in [2.45, 2.75) is 13.5 Å². The number of hydrogen-bond donors (Lipinski definition) is 2. The predicted molar refractivity (Wildman–Crippen MR) is 134 cm³/mol. The van der Waals surface area contributed by atoms with Crippen LogP contribution in [0.3, 0.4) is 0 Å². The summed E-state index contributed by atoms with van der Waals surface area (Å²) in [4.78, 5) is 29.3. The Hall–Kier alpha value is -4.79. The minimum Gasteiger partial charge on any atom is -0.494 e. The van der Waals surface area contributed by atoms with Crippen LogP contribution in [0.4, 0.5) is 11.4 Å². The Morgan fingerprint density at radius 1 is 0.917 bits per heavy atom. The van der Waals surface area contributed by atoms with Crippen LogP contribution in [-0.2, 0) is 6.54 Å². The van der Waals surface area contributed by atoms with Crippen LogP contribution < -0.4 is 24.8 Å². The highest BCUT2D eigenvalue weighted by Gasteiger charge is 2.16. The topological polar surface area (TPSA) is 104 Å². The standard InChI is InChI=1S/C27H24N4O5/c1-2-34-22-10-8-21(9-11-22)30-27(33)23-15-31(16-28-23)14-18-3-6-20(7-4-18)29-26(32)19-5-12-24-25(13-19)36-17-35-24/h3-13,15-16H,2,14,17H2,1H3,(H,29,32)(H,30,33). The van der Waals surface area contributed by atoms with E-state index in [1.54, 1.807) is 55.0 Å². The van der Waals surface area contributed by atoms with E-state index in [9.17, 15) is 9.59 Å². The van der Waals surface area contributed by atoms with E-state index in [2.05, 4.69) is 15.6 Å². The summed E-state index contributed by atoms with van der Waals surface area (Å²) in [5, 5.41) is 5.71. The van der Waals surface area contributed by atoms with Crippen molar-refractivity contribution < 1.29 is 23.8 Å². The second-order valence-corrected chi connectivity index (χ2v) is 8.06. The van der Waals surface area contributed by atoms with Crippen molar-refractivity contribution >= 4 is 23.2 Å². The predicted octanol–water partition coefficient (Wildman–Crippen LogP) is 4.56. The van der Waals surface area contributed by atoms with Gasteiger partial charge in [-0.15, -0.1) is 0 Å². The lowest BCUT2D eigenvalue weighted by atomic mass is 10.1. The number of benzene rings is 3. The lowest BCUT2D eigenvalue weighted by molar-refractivity contribution is 0.101. The molecular weight excluding hydrogens is 460 g/mol. The zero-order valence-corrected chi connectivity index (χ0v) is 19.6. The molecule has 2 N–H and O–H groups in total. The molecule has 5 rings (SSSR count). The zero-order valence-electron chi connectivity index (χ0n) is 19.6. The van der Waals surface area contributed by atoms with Gasteiger partial charge in [-0.3, -0.25) is 9.59 Å². The van der Waals surface area contributed by atoms with E-state index in [1.807, 2.05) is 35.8 Å². The number of carbonyl (C=O) groups excluding carboxylic acids is 2. The van der Waals surface area contributed by atoms with E-state index in [0.717, 1.165) is 11.3 Å². The van der Waals surface area contributed by atoms with Gasteiger partial charge in [0.25, 0.3) is 11.8 Å². The van der Waals surface area contributed by atoms with E-state index >= 15 is 0 Å². The van der Waals surface area contributed by atoms with Gasteiger partial charge in [0, 0.05) is 29.7 Å². The van der Waals surface area contributed by atoms with Gasteiger partial charge in [0.2, 0.25) is 6.79 Å². The zero-order chi connectivity index (χ0) is 24.9. The van der Waals surface area contributed by atoms with Crippen molar-refractivity contribution in [3.05, 3.63) is 96.1 Å². The van der Waals surface area contributed by atoms with E-state index < -0.39 is 0 Å². The Balaban J connectivity index is 1.16. The normalized spacial score (nSPS) is 11.7. The van der Waals surface area contributed by atoms with E-state index in [4.69, 9.17) is 14.2 Å². The largest absolute Gasteiger partial charge is 0.494 e. The first-order valence-corrected chi connectivity index (χ1v) is 11.4. The summed E-state index contributed by atoms with van der Waals surface area (Å²) in [5.41, 5.74) is 3.13. The SMILES string of the molecule is CCOc1ccc(NC(=O)c2cn(Cc3ccc(NC(=O)c4ccc5c(c4)OCO5)cc3)cn2)cc1. The molecule has 1 aliphatic heterocycles. The molecular formula is C27H24N4O5. The average molecular weight is 485 g/mol. The first-order valence-electron chi connectivity index (χ1n) is 11.4. The Morgan fingerprint density at radius 3 is 2.36 bits per heavy atom. The molecule has 1 aromatic heterocycles. The van der Waals surface area contributed by atoms with Crippen molar-refractivity contribution in [2.75, 3.05) is 24.0 Å². The average Bonchev–Trinajstić information content (AvgIpc) is 3.56. The lowest BCUT2D eigenvalue weighted by Crippen LogP contribution is -2.12. The van der Waals surface area contributed by atoms with Gasteiger partial charge in [0.15, 0.2) is 11.5 Å². The van der Waals surface area contributed by atoms with Crippen molar-refractivity contribution in [1.82, 2.24) is 9.55 Å². The van der Waals surface area contributed by atoms with Crippen LogP contribution in [0.2, 0.25) is 0 Å². The fourth-order valence-corrected chi connectivity index (χ4v) is 3.71. The molecule has 2 heterocycles. The maximum Gasteiger partial charge on any atom is 0.275 e. The number of hydrogen-bond acceptors (Lipinski definition) is 6. The summed E-state index contributed by atoms with van der Waals surface area (Å²) < 4.78 is 17.9. The van der Waals surface area contributed by atoms with Gasteiger partial charge in [0.05, 0.1) is 12.9 Å². The first-order chi connectivity index (χ1) is 17.6. The van der Waals surface area contributed by atoms with Crippen LogP contribution in [0.15, 0.2) is 79.3 Å². The van der Waals surface area contributed by atoms with E-state index in [1.165, 1.54) is 0 Å². The second kappa shape index (κ2) is 10.2. The second-order valence-electron chi connectivity index (χ2n) is 8.06. The number of carbonyl (C=O) groups is 2. The summed E-state index contributed by atoms with van der Waals surface area (Å²) in [6.45, 7) is 3.19. The third-order valence-corrected chi connectivity index (χ3v) is 5.50. The minimum atomic E-state index is -0.292. The molecule has 0 aliphatic carbocycles. The van der Waals surface area contributed by atoms with Crippen molar-refractivity contribution in [3.8, 4) is 17.2 Å². The fourth-order valence-electron chi connectivity index (χ4n) is 3.71. The fraction of sp³-hybridized carbons (Fsp3) is 0.148. The Bertz CT molecular complexity index is 1380. The van der Waals surface area contributed by atoms with E-state index in [0.29, 0.717) is 47.3 Å².